The number of hydrogen-bond donors (Lipinski definition) is 8. The molecule has 0 radical (unpaired) electrons. The molecule has 0 aliphatic carbocycles. The van der Waals surface area contributed by atoms with Crippen LogP contribution in [-0.4, -0.2) is 110 Å². The van der Waals surface area contributed by atoms with E-state index in [0.717, 1.165) is 0 Å². The first kappa shape index (κ1) is 19.3. The van der Waals surface area contributed by atoms with Gasteiger partial charge in [0, 0.05) is 0 Å². The Hall–Kier alpha value is -0.0500. The van der Waals surface area contributed by atoms with Gasteiger partial charge in [0.2, 0.25) is 0 Å². The average molecular weight is 358 g/mol. The van der Waals surface area contributed by atoms with Gasteiger partial charge in [-0.3, -0.25) is 0 Å². The fourth-order valence-corrected chi connectivity index (χ4v) is 2.96. The monoisotopic (exact) mass is 358 g/mol. The van der Waals surface area contributed by atoms with E-state index < -0.39 is 73.8 Å². The second kappa shape index (κ2) is 7.89. The van der Waals surface area contributed by atoms with E-state index >= 15 is 0 Å². The third kappa shape index (κ3) is 3.80. The van der Waals surface area contributed by atoms with Crippen LogP contribution in [0.15, 0.2) is 0 Å². The highest BCUT2D eigenvalue weighted by Gasteiger charge is 2.49. The van der Waals surface area contributed by atoms with Crippen molar-refractivity contribution in [2.24, 2.45) is 0 Å². The van der Waals surface area contributed by atoms with Crippen LogP contribution in [-0.2, 0) is 14.2 Å². The van der Waals surface area contributed by atoms with Gasteiger partial charge in [-0.2, -0.15) is 0 Å². The molecule has 0 aromatic rings. The molecule has 11 heteroatoms. The lowest BCUT2D eigenvalue weighted by Crippen LogP contribution is -2.63. The van der Waals surface area contributed by atoms with E-state index in [1.807, 2.05) is 0 Å². The number of thiol groups is 1. The van der Waals surface area contributed by atoms with E-state index in [1.54, 1.807) is 0 Å². The molecule has 2 rings (SSSR count). The minimum Gasteiger partial charge on any atom is -0.394 e. The zero-order valence-electron chi connectivity index (χ0n) is 12.0. The molecule has 0 spiro atoms. The Kier molecular flexibility index (Phi) is 6.61. The third-order valence-corrected chi connectivity index (χ3v) is 4.40. The standard InChI is InChI=1S/C12H22O10S/c13-1-3-5(15)7(17)9(19)11(20-3)22-10-8(18)6(16)4(2-14)21-12(10)23/h3-19,23H,1-2H2/t3-,4-,5-,6-,7+,8+,9-,10-,11+,12-/m1/s1. The van der Waals surface area contributed by atoms with Gasteiger partial charge in [0.1, 0.15) is 54.3 Å². The van der Waals surface area contributed by atoms with Crippen LogP contribution in [0, 0.1) is 0 Å². The fourth-order valence-electron chi connectivity index (χ4n) is 2.55. The largest absolute Gasteiger partial charge is 0.394 e. The van der Waals surface area contributed by atoms with E-state index in [-0.39, 0.29) is 0 Å². The highest BCUT2D eigenvalue weighted by Crippen LogP contribution is 2.30. The van der Waals surface area contributed by atoms with E-state index in [4.69, 9.17) is 24.4 Å². The molecule has 0 bridgehead atoms. The summed E-state index contributed by atoms with van der Waals surface area (Å²) in [7, 11) is 0. The topological polar surface area (TPSA) is 169 Å². The SMILES string of the molecule is OC[C@H]1O[C@@H](O[C@@H]2[C@@H](O)[C@H](O)[C@@H](CO)O[C@@H]2S)[C@H](O)[C@@H](O)[C@@H]1O. The zero-order chi connectivity index (χ0) is 17.3. The molecular weight excluding hydrogens is 336 g/mol. The van der Waals surface area contributed by atoms with Gasteiger partial charge >= 0.3 is 0 Å². The fraction of sp³-hybridized carbons (Fsp3) is 1.00. The predicted octanol–water partition coefficient (Wildman–Crippen LogP) is -4.46. The van der Waals surface area contributed by atoms with Crippen molar-refractivity contribution in [1.82, 2.24) is 0 Å². The summed E-state index contributed by atoms with van der Waals surface area (Å²) in [6, 6.07) is 0. The van der Waals surface area contributed by atoms with Gasteiger partial charge in [0.05, 0.1) is 13.2 Å². The van der Waals surface area contributed by atoms with E-state index in [1.165, 1.54) is 0 Å². The lowest BCUT2D eigenvalue weighted by Gasteiger charge is -2.45. The Morgan fingerprint density at radius 3 is 1.83 bits per heavy atom. The van der Waals surface area contributed by atoms with Crippen molar-refractivity contribution in [2.45, 2.75) is 60.6 Å². The first-order chi connectivity index (χ1) is 10.8. The van der Waals surface area contributed by atoms with Gasteiger partial charge in [-0.05, 0) is 0 Å². The first-order valence-corrected chi connectivity index (χ1v) is 7.60. The smallest absolute Gasteiger partial charge is 0.187 e. The highest BCUT2D eigenvalue weighted by atomic mass is 32.1. The Bertz CT molecular complexity index is 385. The van der Waals surface area contributed by atoms with Gasteiger partial charge in [-0.25, -0.2) is 0 Å². The number of aliphatic hydroxyl groups is 7. The summed E-state index contributed by atoms with van der Waals surface area (Å²) in [5.74, 6) is 0. The molecule has 0 unspecified atom stereocenters. The number of aliphatic hydroxyl groups excluding tert-OH is 7. The van der Waals surface area contributed by atoms with Crippen molar-refractivity contribution >= 4 is 12.6 Å². The van der Waals surface area contributed by atoms with Crippen LogP contribution in [0.4, 0.5) is 0 Å². The van der Waals surface area contributed by atoms with Crippen molar-refractivity contribution in [2.75, 3.05) is 13.2 Å². The molecule has 10 atom stereocenters. The maximum absolute atomic E-state index is 10.1. The van der Waals surface area contributed by atoms with E-state index in [2.05, 4.69) is 12.6 Å². The van der Waals surface area contributed by atoms with Crippen LogP contribution in [0.1, 0.15) is 0 Å². The van der Waals surface area contributed by atoms with Crippen LogP contribution >= 0.6 is 12.6 Å². The normalized spacial score (nSPS) is 51.7. The Morgan fingerprint density at radius 2 is 1.26 bits per heavy atom. The molecule has 10 nitrogen and oxygen atoms in total. The summed E-state index contributed by atoms with van der Waals surface area (Å²) in [4.78, 5) is 0. The Labute approximate surface area is 137 Å². The second-order valence-corrected chi connectivity index (χ2v) is 6.04. The second-order valence-electron chi connectivity index (χ2n) is 5.53. The van der Waals surface area contributed by atoms with E-state index in [0.29, 0.717) is 0 Å². The molecule has 0 saturated carbocycles. The van der Waals surface area contributed by atoms with Gasteiger partial charge in [0.25, 0.3) is 0 Å². The molecule has 0 aromatic heterocycles. The summed E-state index contributed by atoms with van der Waals surface area (Å²) >= 11 is 4.06. The zero-order valence-corrected chi connectivity index (χ0v) is 12.9. The molecule has 0 aromatic carbocycles. The molecular formula is C12H22O10S. The van der Waals surface area contributed by atoms with Gasteiger partial charge in [0.15, 0.2) is 6.29 Å². The maximum Gasteiger partial charge on any atom is 0.187 e. The number of hydrogen-bond acceptors (Lipinski definition) is 11. The Balaban J connectivity index is 2.08. The molecule has 136 valence electrons. The minimum absolute atomic E-state index is 0.540. The van der Waals surface area contributed by atoms with Crippen LogP contribution in [0.5, 0.6) is 0 Å². The van der Waals surface area contributed by atoms with Crippen LogP contribution in [0.2, 0.25) is 0 Å². The number of rotatable bonds is 4. The highest BCUT2D eigenvalue weighted by molar-refractivity contribution is 7.80. The van der Waals surface area contributed by atoms with Crippen molar-refractivity contribution in [3.05, 3.63) is 0 Å². The molecule has 0 amide bonds. The first-order valence-electron chi connectivity index (χ1n) is 7.08. The summed E-state index contributed by atoms with van der Waals surface area (Å²) in [6.45, 7) is -1.17. The van der Waals surface area contributed by atoms with Gasteiger partial charge < -0.3 is 50.0 Å². The quantitative estimate of drug-likeness (QED) is 0.229. The van der Waals surface area contributed by atoms with Crippen molar-refractivity contribution in [3.63, 3.8) is 0 Å². The molecule has 2 aliphatic heterocycles. The van der Waals surface area contributed by atoms with Crippen LogP contribution in [0.25, 0.3) is 0 Å². The van der Waals surface area contributed by atoms with E-state index in [9.17, 15) is 25.5 Å². The lowest BCUT2D eigenvalue weighted by atomic mass is 9.98. The van der Waals surface area contributed by atoms with Crippen molar-refractivity contribution in [3.8, 4) is 0 Å². The van der Waals surface area contributed by atoms with Crippen molar-refractivity contribution in [1.29, 1.82) is 0 Å². The molecule has 2 heterocycles. The number of ether oxygens (including phenoxy) is 3. The molecule has 2 fully saturated rings. The third-order valence-electron chi connectivity index (χ3n) is 3.98. The summed E-state index contributed by atoms with van der Waals surface area (Å²) in [5, 5.41) is 67.3. The Morgan fingerprint density at radius 1 is 0.739 bits per heavy atom. The summed E-state index contributed by atoms with van der Waals surface area (Å²) < 4.78 is 15.7. The van der Waals surface area contributed by atoms with Crippen LogP contribution < -0.4 is 0 Å². The maximum atomic E-state index is 10.1. The van der Waals surface area contributed by atoms with Gasteiger partial charge in [-0.1, -0.05) is 0 Å². The lowest BCUT2D eigenvalue weighted by molar-refractivity contribution is -0.334. The predicted molar refractivity (Wildman–Crippen MR) is 75.4 cm³/mol. The van der Waals surface area contributed by atoms with Crippen molar-refractivity contribution < 1.29 is 50.0 Å². The molecule has 2 aliphatic rings. The summed E-state index contributed by atoms with van der Waals surface area (Å²) in [5.41, 5.74) is -1.06. The minimum atomic E-state index is -1.66. The average Bonchev–Trinajstić information content (AvgIpc) is 2.54. The van der Waals surface area contributed by atoms with Gasteiger partial charge in [-0.15, -0.1) is 12.6 Å². The summed E-state index contributed by atoms with van der Waals surface area (Å²) in [6.07, 6.45) is -12.8. The van der Waals surface area contributed by atoms with Crippen LogP contribution in [0.3, 0.4) is 0 Å². The molecule has 23 heavy (non-hydrogen) atoms. The molecule has 2 saturated heterocycles. The molecule has 7 N–H and O–H groups in total.